The van der Waals surface area contributed by atoms with Crippen molar-refractivity contribution >= 4 is 0 Å². The van der Waals surface area contributed by atoms with E-state index in [0.717, 1.165) is 12.1 Å². The van der Waals surface area contributed by atoms with Crippen LogP contribution in [0.1, 0.15) is 40.5 Å². The SMILES string of the molecule is CC[C@@H](C)[NH2+]CC[NH2+][C@@H](C)CC. The van der Waals surface area contributed by atoms with Gasteiger partial charge in [0.25, 0.3) is 0 Å². The molecule has 0 saturated heterocycles. The molecule has 2 atom stereocenters. The highest BCUT2D eigenvalue weighted by molar-refractivity contribution is 4.38. The summed E-state index contributed by atoms with van der Waals surface area (Å²) in [6.45, 7) is 11.6. The Morgan fingerprint density at radius 2 is 1.17 bits per heavy atom. The van der Waals surface area contributed by atoms with Crippen molar-refractivity contribution in [3.63, 3.8) is 0 Å². The predicted molar refractivity (Wildman–Crippen MR) is 53.1 cm³/mol. The summed E-state index contributed by atoms with van der Waals surface area (Å²) in [6, 6.07) is 1.60. The zero-order valence-corrected chi connectivity index (χ0v) is 9.14. The Kier molecular flexibility index (Phi) is 7.51. The van der Waals surface area contributed by atoms with Gasteiger partial charge in [0, 0.05) is 0 Å². The minimum atomic E-state index is 0.801. The van der Waals surface area contributed by atoms with Gasteiger partial charge in [0.15, 0.2) is 0 Å². The maximum atomic E-state index is 2.44. The van der Waals surface area contributed by atoms with Crippen molar-refractivity contribution in [1.29, 1.82) is 0 Å². The quantitative estimate of drug-likeness (QED) is 0.497. The van der Waals surface area contributed by atoms with E-state index in [1.807, 2.05) is 0 Å². The van der Waals surface area contributed by atoms with Gasteiger partial charge >= 0.3 is 0 Å². The van der Waals surface area contributed by atoms with Crippen LogP contribution in [-0.4, -0.2) is 25.2 Å². The molecule has 0 rings (SSSR count). The number of hydrogen-bond donors (Lipinski definition) is 2. The van der Waals surface area contributed by atoms with Crippen LogP contribution in [0.15, 0.2) is 0 Å². The van der Waals surface area contributed by atoms with Gasteiger partial charge in [-0.05, 0) is 26.7 Å². The van der Waals surface area contributed by atoms with Crippen molar-refractivity contribution in [2.75, 3.05) is 13.1 Å². The summed E-state index contributed by atoms with van der Waals surface area (Å²) in [6.07, 6.45) is 2.56. The lowest BCUT2D eigenvalue weighted by Gasteiger charge is -2.09. The molecule has 0 aliphatic rings. The molecule has 0 aromatic rings. The Hall–Kier alpha value is -0.0800. The molecule has 4 N–H and O–H groups in total. The van der Waals surface area contributed by atoms with Crippen LogP contribution >= 0.6 is 0 Å². The summed E-state index contributed by atoms with van der Waals surface area (Å²) in [5.74, 6) is 0. The summed E-state index contributed by atoms with van der Waals surface area (Å²) >= 11 is 0. The van der Waals surface area contributed by atoms with Gasteiger partial charge in [0.05, 0.1) is 12.1 Å². The lowest BCUT2D eigenvalue weighted by atomic mass is 10.2. The minimum Gasteiger partial charge on any atom is -0.339 e. The largest absolute Gasteiger partial charge is 0.339 e. The molecule has 0 aromatic carbocycles. The maximum Gasteiger partial charge on any atom is 0.125 e. The average molecular weight is 174 g/mol. The van der Waals surface area contributed by atoms with Crippen LogP contribution < -0.4 is 10.6 Å². The Morgan fingerprint density at radius 3 is 1.42 bits per heavy atom. The van der Waals surface area contributed by atoms with E-state index in [1.165, 1.54) is 25.9 Å². The number of rotatable bonds is 7. The highest BCUT2D eigenvalue weighted by Crippen LogP contribution is 1.78. The second-order valence-corrected chi connectivity index (χ2v) is 3.82. The second kappa shape index (κ2) is 7.56. The molecule has 0 unspecified atom stereocenters. The van der Waals surface area contributed by atoms with Crippen LogP contribution in [0.3, 0.4) is 0 Å². The molecule has 0 heterocycles. The van der Waals surface area contributed by atoms with Gasteiger partial charge in [0.1, 0.15) is 13.1 Å². The molecule has 0 aromatic heterocycles. The smallest absolute Gasteiger partial charge is 0.125 e. The Morgan fingerprint density at radius 1 is 0.833 bits per heavy atom. The predicted octanol–water partition coefficient (Wildman–Crippen LogP) is -0.290. The van der Waals surface area contributed by atoms with Gasteiger partial charge in [-0.2, -0.15) is 0 Å². The standard InChI is InChI=1S/C10H24N2/c1-5-9(3)11-7-8-12-10(4)6-2/h9-12H,5-8H2,1-4H3/p+2/t9-,10+. The van der Waals surface area contributed by atoms with Gasteiger partial charge in [-0.3, -0.25) is 0 Å². The van der Waals surface area contributed by atoms with E-state index in [9.17, 15) is 0 Å². The molecule has 0 aliphatic carbocycles. The van der Waals surface area contributed by atoms with Crippen LogP contribution in [0.2, 0.25) is 0 Å². The molecule has 0 saturated carbocycles. The van der Waals surface area contributed by atoms with Gasteiger partial charge in [0.2, 0.25) is 0 Å². The molecule has 0 fully saturated rings. The number of quaternary nitrogens is 2. The van der Waals surface area contributed by atoms with E-state index in [1.54, 1.807) is 0 Å². The van der Waals surface area contributed by atoms with E-state index in [-0.39, 0.29) is 0 Å². The molecule has 0 spiro atoms. The highest BCUT2D eigenvalue weighted by Gasteiger charge is 2.03. The molecule has 2 nitrogen and oxygen atoms in total. The monoisotopic (exact) mass is 174 g/mol. The van der Waals surface area contributed by atoms with Crippen molar-refractivity contribution in [3.05, 3.63) is 0 Å². The number of hydrogen-bond acceptors (Lipinski definition) is 0. The van der Waals surface area contributed by atoms with Gasteiger partial charge in [-0.15, -0.1) is 0 Å². The van der Waals surface area contributed by atoms with E-state index >= 15 is 0 Å². The molecule has 0 radical (unpaired) electrons. The summed E-state index contributed by atoms with van der Waals surface area (Å²) in [5, 5.41) is 4.89. The molecule has 0 amide bonds. The van der Waals surface area contributed by atoms with Crippen LogP contribution in [0.5, 0.6) is 0 Å². The molecule has 2 heteroatoms. The topological polar surface area (TPSA) is 33.2 Å². The molecule has 12 heavy (non-hydrogen) atoms. The fourth-order valence-corrected chi connectivity index (χ4v) is 1.09. The summed E-state index contributed by atoms with van der Waals surface area (Å²) < 4.78 is 0. The van der Waals surface area contributed by atoms with E-state index < -0.39 is 0 Å². The Bertz CT molecular complexity index is 81.8. The zero-order valence-electron chi connectivity index (χ0n) is 9.14. The summed E-state index contributed by atoms with van der Waals surface area (Å²) in [7, 11) is 0. The first-order valence-electron chi connectivity index (χ1n) is 5.37. The van der Waals surface area contributed by atoms with Crippen molar-refractivity contribution in [3.8, 4) is 0 Å². The lowest BCUT2D eigenvalue weighted by molar-refractivity contribution is -0.751. The minimum absolute atomic E-state index is 0.801. The summed E-state index contributed by atoms with van der Waals surface area (Å²) in [5.41, 5.74) is 0. The molecule has 74 valence electrons. The van der Waals surface area contributed by atoms with Gasteiger partial charge in [-0.25, -0.2) is 0 Å². The fraction of sp³-hybridized carbons (Fsp3) is 1.00. The molecular formula is C10H26N2+2. The van der Waals surface area contributed by atoms with Gasteiger partial charge in [-0.1, -0.05) is 13.8 Å². The average Bonchev–Trinajstić information content (AvgIpc) is 2.11. The number of nitrogens with two attached hydrogens (primary N) is 2. The fourth-order valence-electron chi connectivity index (χ4n) is 1.09. The van der Waals surface area contributed by atoms with Crippen molar-refractivity contribution in [1.82, 2.24) is 0 Å². The van der Waals surface area contributed by atoms with Crippen molar-refractivity contribution < 1.29 is 10.6 Å². The third kappa shape index (κ3) is 6.62. The first-order chi connectivity index (χ1) is 5.70. The van der Waals surface area contributed by atoms with E-state index in [4.69, 9.17) is 0 Å². The van der Waals surface area contributed by atoms with Gasteiger partial charge < -0.3 is 10.6 Å². The third-order valence-electron chi connectivity index (χ3n) is 2.59. The van der Waals surface area contributed by atoms with Crippen LogP contribution in [0.4, 0.5) is 0 Å². The van der Waals surface area contributed by atoms with Crippen molar-refractivity contribution in [2.24, 2.45) is 0 Å². The second-order valence-electron chi connectivity index (χ2n) is 3.82. The summed E-state index contributed by atoms with van der Waals surface area (Å²) in [4.78, 5) is 0. The van der Waals surface area contributed by atoms with Crippen LogP contribution in [0, 0.1) is 0 Å². The van der Waals surface area contributed by atoms with Crippen LogP contribution in [-0.2, 0) is 0 Å². The maximum absolute atomic E-state index is 2.44. The van der Waals surface area contributed by atoms with Crippen LogP contribution in [0.25, 0.3) is 0 Å². The molecule has 0 bridgehead atoms. The lowest BCUT2D eigenvalue weighted by Crippen LogP contribution is -2.99. The normalized spacial score (nSPS) is 16.0. The first-order valence-corrected chi connectivity index (χ1v) is 5.37. The highest BCUT2D eigenvalue weighted by atomic mass is 15.0. The van der Waals surface area contributed by atoms with E-state index in [0.29, 0.717) is 0 Å². The molecular weight excluding hydrogens is 148 g/mol. The third-order valence-corrected chi connectivity index (χ3v) is 2.59. The Balaban J connectivity index is 3.10. The Labute approximate surface area is 77.1 Å². The van der Waals surface area contributed by atoms with E-state index in [2.05, 4.69) is 38.3 Å². The first kappa shape index (κ1) is 11.9. The van der Waals surface area contributed by atoms with Crippen molar-refractivity contribution in [2.45, 2.75) is 52.6 Å². The molecule has 0 aliphatic heterocycles. The zero-order chi connectivity index (χ0) is 9.40.